The van der Waals surface area contributed by atoms with Crippen molar-refractivity contribution >= 4 is 24.4 Å². The summed E-state index contributed by atoms with van der Waals surface area (Å²) in [4.78, 5) is 62.5. The van der Waals surface area contributed by atoms with Gasteiger partial charge in [-0.1, -0.05) is 18.1 Å². The Kier molecular flexibility index (Phi) is 9.79. The first-order valence-corrected chi connectivity index (χ1v) is 13.5. The molecule has 0 spiro atoms. The standard InChI is InChI=1S/C28H37N5O6/c1-3-22-4-6-23(7-5-22)8-9-24-10-12-31(13-11-24)28(37)39-33(21-34)26(35)25-20-32(15-14-29(25)2)27(36)30-16-18-38-19-17-30/h1,4-7,21,24-25H,8-20H2,2H3. The second-order valence-corrected chi connectivity index (χ2v) is 10.3. The van der Waals surface area contributed by atoms with Crippen LogP contribution in [0, 0.1) is 18.3 Å². The van der Waals surface area contributed by atoms with Gasteiger partial charge in [0, 0.05) is 51.4 Å². The lowest BCUT2D eigenvalue weighted by Crippen LogP contribution is -2.61. The van der Waals surface area contributed by atoms with E-state index < -0.39 is 18.0 Å². The largest absolute Gasteiger partial charge is 0.434 e. The Hall–Kier alpha value is -3.62. The van der Waals surface area contributed by atoms with Crippen molar-refractivity contribution in [3.63, 3.8) is 0 Å². The van der Waals surface area contributed by atoms with Crippen LogP contribution < -0.4 is 0 Å². The minimum Gasteiger partial charge on any atom is -0.378 e. The summed E-state index contributed by atoms with van der Waals surface area (Å²) in [7, 11) is 1.75. The highest BCUT2D eigenvalue weighted by atomic mass is 16.7. The van der Waals surface area contributed by atoms with Gasteiger partial charge in [-0.15, -0.1) is 11.5 Å². The van der Waals surface area contributed by atoms with Crippen LogP contribution in [0.4, 0.5) is 9.59 Å². The number of imide groups is 1. The van der Waals surface area contributed by atoms with Crippen LogP contribution in [0.25, 0.3) is 0 Å². The number of ether oxygens (including phenoxy) is 1. The lowest BCUT2D eigenvalue weighted by Gasteiger charge is -2.41. The number of urea groups is 1. The van der Waals surface area contributed by atoms with E-state index in [1.807, 2.05) is 24.3 Å². The summed E-state index contributed by atoms with van der Waals surface area (Å²) in [5.74, 6) is 2.41. The fourth-order valence-electron chi connectivity index (χ4n) is 5.22. The number of likely N-dealkylation sites (N-methyl/N-ethyl adjacent to an activating group) is 1. The van der Waals surface area contributed by atoms with E-state index in [0.717, 1.165) is 31.2 Å². The number of hydroxylamine groups is 2. The number of carbonyl (C=O) groups excluding carboxylic acids is 4. The first-order chi connectivity index (χ1) is 18.9. The Morgan fingerprint density at radius 1 is 1.03 bits per heavy atom. The van der Waals surface area contributed by atoms with Crippen molar-refractivity contribution in [2.75, 3.05) is 66.1 Å². The third-order valence-electron chi connectivity index (χ3n) is 7.81. The number of terminal acetylenes is 1. The Balaban J connectivity index is 1.25. The lowest BCUT2D eigenvalue weighted by molar-refractivity contribution is -0.178. The van der Waals surface area contributed by atoms with Gasteiger partial charge in [0.2, 0.25) is 0 Å². The van der Waals surface area contributed by atoms with Crippen molar-refractivity contribution in [2.24, 2.45) is 5.92 Å². The maximum absolute atomic E-state index is 13.2. The van der Waals surface area contributed by atoms with E-state index in [4.69, 9.17) is 16.0 Å². The highest BCUT2D eigenvalue weighted by molar-refractivity contribution is 5.91. The number of amides is 5. The summed E-state index contributed by atoms with van der Waals surface area (Å²) in [5, 5.41) is 0.470. The number of carbonyl (C=O) groups is 4. The molecule has 0 radical (unpaired) electrons. The minimum absolute atomic E-state index is 0.101. The number of piperidine rings is 1. The van der Waals surface area contributed by atoms with Crippen LogP contribution in [-0.2, 0) is 25.6 Å². The van der Waals surface area contributed by atoms with Crippen molar-refractivity contribution < 1.29 is 28.8 Å². The predicted octanol–water partition coefficient (Wildman–Crippen LogP) is 1.42. The monoisotopic (exact) mass is 539 g/mol. The van der Waals surface area contributed by atoms with Crippen LogP contribution in [-0.4, -0.2) is 121 Å². The molecular formula is C28H37N5O6. The molecule has 3 heterocycles. The molecule has 4 rings (SSSR count). The average Bonchev–Trinajstić information content (AvgIpc) is 2.99. The van der Waals surface area contributed by atoms with Gasteiger partial charge in [-0.25, -0.2) is 9.59 Å². The summed E-state index contributed by atoms with van der Waals surface area (Å²) in [6.07, 6.45) is 8.48. The molecule has 0 saturated carbocycles. The van der Waals surface area contributed by atoms with E-state index in [0.29, 0.717) is 63.5 Å². The number of hydrogen-bond acceptors (Lipinski definition) is 7. The number of piperazine rings is 1. The van der Waals surface area contributed by atoms with Gasteiger partial charge in [0.1, 0.15) is 6.04 Å². The van der Waals surface area contributed by atoms with Crippen LogP contribution >= 0.6 is 0 Å². The van der Waals surface area contributed by atoms with E-state index in [9.17, 15) is 19.2 Å². The molecule has 0 N–H and O–H groups in total. The SMILES string of the molecule is C#Cc1ccc(CCC2CCN(C(=O)ON(C=O)C(=O)C3CN(C(=O)N4CCOCC4)CCN3C)CC2)cc1. The van der Waals surface area contributed by atoms with Crippen LogP contribution in [0.15, 0.2) is 24.3 Å². The molecule has 39 heavy (non-hydrogen) atoms. The molecule has 11 nitrogen and oxygen atoms in total. The van der Waals surface area contributed by atoms with Crippen molar-refractivity contribution in [3.05, 3.63) is 35.4 Å². The molecule has 11 heteroatoms. The van der Waals surface area contributed by atoms with Gasteiger partial charge < -0.3 is 24.3 Å². The fraction of sp³-hybridized carbons (Fsp3) is 0.571. The molecule has 0 aliphatic carbocycles. The average molecular weight is 540 g/mol. The van der Waals surface area contributed by atoms with Crippen molar-refractivity contribution in [1.82, 2.24) is 24.7 Å². The minimum atomic E-state index is -0.804. The summed E-state index contributed by atoms with van der Waals surface area (Å²) >= 11 is 0. The van der Waals surface area contributed by atoms with Crippen LogP contribution in [0.2, 0.25) is 0 Å². The Morgan fingerprint density at radius 3 is 2.36 bits per heavy atom. The molecule has 1 unspecified atom stereocenters. The van der Waals surface area contributed by atoms with Crippen molar-refractivity contribution in [2.45, 2.75) is 31.7 Å². The van der Waals surface area contributed by atoms with Crippen LogP contribution in [0.3, 0.4) is 0 Å². The van der Waals surface area contributed by atoms with Gasteiger partial charge in [-0.05, 0) is 56.3 Å². The lowest BCUT2D eigenvalue weighted by atomic mass is 9.90. The summed E-state index contributed by atoms with van der Waals surface area (Å²) in [5.41, 5.74) is 2.09. The fourth-order valence-corrected chi connectivity index (χ4v) is 5.22. The number of nitrogens with zero attached hydrogens (tertiary/aromatic N) is 5. The molecule has 0 aromatic heterocycles. The zero-order valence-corrected chi connectivity index (χ0v) is 22.5. The van der Waals surface area contributed by atoms with Crippen molar-refractivity contribution in [3.8, 4) is 12.3 Å². The first-order valence-electron chi connectivity index (χ1n) is 13.5. The summed E-state index contributed by atoms with van der Waals surface area (Å²) in [6, 6.07) is 7.02. The topological polar surface area (TPSA) is 103 Å². The number of likely N-dealkylation sites (tertiary alicyclic amines) is 1. The number of morpholine rings is 1. The normalized spacial score (nSPS) is 20.7. The predicted molar refractivity (Wildman–Crippen MR) is 142 cm³/mol. The number of benzene rings is 1. The first kappa shape index (κ1) is 28.4. The van der Waals surface area contributed by atoms with Gasteiger partial charge >= 0.3 is 12.1 Å². The van der Waals surface area contributed by atoms with Gasteiger partial charge in [-0.3, -0.25) is 14.5 Å². The second kappa shape index (κ2) is 13.4. The second-order valence-electron chi connectivity index (χ2n) is 10.3. The van der Waals surface area contributed by atoms with E-state index in [1.165, 1.54) is 10.5 Å². The third kappa shape index (κ3) is 7.28. The van der Waals surface area contributed by atoms with Crippen molar-refractivity contribution in [1.29, 1.82) is 0 Å². The molecule has 1 atom stereocenters. The van der Waals surface area contributed by atoms with Gasteiger partial charge in [-0.2, -0.15) is 0 Å². The molecule has 1 aromatic carbocycles. The highest BCUT2D eigenvalue weighted by Crippen LogP contribution is 2.23. The van der Waals surface area contributed by atoms with E-state index in [-0.39, 0.29) is 19.0 Å². The van der Waals surface area contributed by atoms with E-state index >= 15 is 0 Å². The maximum atomic E-state index is 13.2. The van der Waals surface area contributed by atoms with Gasteiger partial charge in [0.25, 0.3) is 12.3 Å². The molecule has 210 valence electrons. The van der Waals surface area contributed by atoms with E-state index in [2.05, 4.69) is 5.92 Å². The summed E-state index contributed by atoms with van der Waals surface area (Å²) < 4.78 is 5.31. The third-order valence-corrected chi connectivity index (χ3v) is 7.81. The zero-order chi connectivity index (χ0) is 27.8. The zero-order valence-electron chi connectivity index (χ0n) is 22.5. The molecule has 5 amide bonds. The molecule has 3 aliphatic heterocycles. The van der Waals surface area contributed by atoms with Gasteiger partial charge in [0.15, 0.2) is 0 Å². The number of aryl methyl sites for hydroxylation is 1. The maximum Gasteiger partial charge on any atom is 0.434 e. The molecule has 3 fully saturated rings. The molecule has 3 saturated heterocycles. The summed E-state index contributed by atoms with van der Waals surface area (Å²) in [6.45, 7) is 3.96. The molecule has 3 aliphatic rings. The van der Waals surface area contributed by atoms with Crippen LogP contribution in [0.5, 0.6) is 0 Å². The highest BCUT2D eigenvalue weighted by Gasteiger charge is 2.38. The smallest absolute Gasteiger partial charge is 0.378 e. The Bertz CT molecular complexity index is 1060. The number of hydrogen-bond donors (Lipinski definition) is 0. The quantitative estimate of drug-likeness (QED) is 0.317. The number of rotatable bonds is 5. The molecule has 0 bridgehead atoms. The van der Waals surface area contributed by atoms with Gasteiger partial charge in [0.05, 0.1) is 13.2 Å². The molecule has 1 aromatic rings. The van der Waals surface area contributed by atoms with Crippen LogP contribution in [0.1, 0.15) is 30.4 Å². The molecular weight excluding hydrogens is 502 g/mol. The van der Waals surface area contributed by atoms with E-state index in [1.54, 1.807) is 21.7 Å². The Labute approximate surface area is 229 Å². The Morgan fingerprint density at radius 2 is 1.72 bits per heavy atom.